The van der Waals surface area contributed by atoms with Crippen LogP contribution in [0.1, 0.15) is 24.8 Å². The number of imide groups is 1. The molecular weight excluding hydrogens is 408 g/mol. The first-order chi connectivity index (χ1) is 9.79. The SMILES string of the molecule is Cc1cc(Br)c(NC(=O)NC(=O)CCCC(=O)O)c(Br)c1. The molecule has 0 aliphatic rings. The summed E-state index contributed by atoms with van der Waals surface area (Å²) in [5.41, 5.74) is 1.51. The van der Waals surface area contributed by atoms with Gasteiger partial charge in [0, 0.05) is 21.8 Å². The molecular formula is C13H14Br2N2O4. The van der Waals surface area contributed by atoms with Crippen LogP contribution in [-0.4, -0.2) is 23.0 Å². The van der Waals surface area contributed by atoms with E-state index in [9.17, 15) is 14.4 Å². The highest BCUT2D eigenvalue weighted by atomic mass is 79.9. The fraction of sp³-hybridized carbons (Fsp3) is 0.308. The Bertz CT molecular complexity index is 552. The first kappa shape index (κ1) is 17.6. The summed E-state index contributed by atoms with van der Waals surface area (Å²) in [5, 5.41) is 13.2. The molecule has 1 rings (SSSR count). The quantitative estimate of drug-likeness (QED) is 0.678. The molecule has 0 aliphatic carbocycles. The Morgan fingerprint density at radius 1 is 1.14 bits per heavy atom. The maximum Gasteiger partial charge on any atom is 0.325 e. The highest BCUT2D eigenvalue weighted by molar-refractivity contribution is 9.11. The van der Waals surface area contributed by atoms with Crippen molar-refractivity contribution in [3.8, 4) is 0 Å². The normalized spacial score (nSPS) is 10.0. The number of rotatable bonds is 5. The van der Waals surface area contributed by atoms with E-state index in [4.69, 9.17) is 5.11 Å². The standard InChI is InChI=1S/C13H14Br2N2O4/c1-7-5-8(14)12(9(15)6-7)17-13(21)16-10(18)3-2-4-11(19)20/h5-6H,2-4H2,1H3,(H,19,20)(H2,16,17,18,21). The van der Waals surface area contributed by atoms with E-state index in [-0.39, 0.29) is 19.3 Å². The molecule has 0 saturated carbocycles. The fourth-order valence-corrected chi connectivity index (χ4v) is 3.17. The zero-order chi connectivity index (χ0) is 16.0. The second kappa shape index (κ2) is 8.14. The Kier molecular flexibility index (Phi) is 6.83. The van der Waals surface area contributed by atoms with Gasteiger partial charge in [-0.1, -0.05) is 0 Å². The molecule has 0 unspecified atom stereocenters. The molecule has 3 N–H and O–H groups in total. The van der Waals surface area contributed by atoms with Gasteiger partial charge in [0.05, 0.1) is 5.69 Å². The van der Waals surface area contributed by atoms with Crippen LogP contribution in [-0.2, 0) is 9.59 Å². The number of carbonyl (C=O) groups excluding carboxylic acids is 2. The Hall–Kier alpha value is -1.41. The van der Waals surface area contributed by atoms with Gasteiger partial charge in [-0.15, -0.1) is 0 Å². The van der Waals surface area contributed by atoms with Crippen LogP contribution in [0.3, 0.4) is 0 Å². The van der Waals surface area contributed by atoms with Crippen LogP contribution < -0.4 is 10.6 Å². The lowest BCUT2D eigenvalue weighted by atomic mass is 10.2. The molecule has 8 heteroatoms. The second-order valence-corrected chi connectivity index (χ2v) is 6.06. The van der Waals surface area contributed by atoms with Gasteiger partial charge in [0.2, 0.25) is 5.91 Å². The summed E-state index contributed by atoms with van der Waals surface area (Å²) in [6, 6.07) is 2.99. The number of hydrogen-bond donors (Lipinski definition) is 3. The largest absolute Gasteiger partial charge is 0.481 e. The van der Waals surface area contributed by atoms with Gasteiger partial charge < -0.3 is 10.4 Å². The summed E-state index contributed by atoms with van der Waals surface area (Å²) in [6.45, 7) is 1.91. The molecule has 21 heavy (non-hydrogen) atoms. The van der Waals surface area contributed by atoms with E-state index >= 15 is 0 Å². The minimum absolute atomic E-state index is 0.0179. The van der Waals surface area contributed by atoms with Gasteiger partial charge in [0.15, 0.2) is 0 Å². The molecule has 3 amide bonds. The van der Waals surface area contributed by atoms with Crippen LogP contribution in [0, 0.1) is 6.92 Å². The van der Waals surface area contributed by atoms with Crippen LogP contribution in [0.15, 0.2) is 21.1 Å². The van der Waals surface area contributed by atoms with Crippen molar-refractivity contribution < 1.29 is 19.5 Å². The summed E-state index contributed by atoms with van der Waals surface area (Å²) in [5.74, 6) is -1.49. The molecule has 6 nitrogen and oxygen atoms in total. The predicted molar refractivity (Wildman–Crippen MR) is 85.2 cm³/mol. The van der Waals surface area contributed by atoms with E-state index in [1.54, 1.807) is 0 Å². The van der Waals surface area contributed by atoms with Crippen LogP contribution in [0.5, 0.6) is 0 Å². The Morgan fingerprint density at radius 3 is 2.24 bits per heavy atom. The number of aryl methyl sites for hydroxylation is 1. The minimum atomic E-state index is -0.972. The monoisotopic (exact) mass is 420 g/mol. The number of urea groups is 1. The summed E-state index contributed by atoms with van der Waals surface area (Å²) in [7, 11) is 0. The van der Waals surface area contributed by atoms with Crippen molar-refractivity contribution in [2.75, 3.05) is 5.32 Å². The smallest absolute Gasteiger partial charge is 0.325 e. The summed E-state index contributed by atoms with van der Waals surface area (Å²) < 4.78 is 1.37. The number of carbonyl (C=O) groups is 3. The highest BCUT2D eigenvalue weighted by Crippen LogP contribution is 2.32. The van der Waals surface area contributed by atoms with Crippen molar-refractivity contribution >= 4 is 55.5 Å². The number of aliphatic carboxylic acids is 1. The third kappa shape index (κ3) is 6.26. The molecule has 114 valence electrons. The maximum absolute atomic E-state index is 11.7. The van der Waals surface area contributed by atoms with Gasteiger partial charge in [-0.05, 0) is 62.9 Å². The van der Waals surface area contributed by atoms with Gasteiger partial charge in [0.1, 0.15) is 0 Å². The zero-order valence-corrected chi connectivity index (χ0v) is 14.4. The average molecular weight is 422 g/mol. The number of carboxylic acid groups (broad SMARTS) is 1. The molecule has 0 heterocycles. The Labute approximate surface area is 138 Å². The van der Waals surface area contributed by atoms with Gasteiger partial charge in [-0.25, -0.2) is 4.79 Å². The maximum atomic E-state index is 11.7. The fourth-order valence-electron chi connectivity index (χ4n) is 1.55. The zero-order valence-electron chi connectivity index (χ0n) is 11.2. The summed E-state index contributed by atoms with van der Waals surface area (Å²) in [6.07, 6.45) is 0.0619. The lowest BCUT2D eigenvalue weighted by Crippen LogP contribution is -2.34. The molecule has 1 aromatic carbocycles. The van der Waals surface area contributed by atoms with E-state index in [0.29, 0.717) is 14.6 Å². The van der Waals surface area contributed by atoms with Crippen LogP contribution in [0.25, 0.3) is 0 Å². The van der Waals surface area contributed by atoms with Gasteiger partial charge in [0.25, 0.3) is 0 Å². The van der Waals surface area contributed by atoms with Crippen molar-refractivity contribution in [1.82, 2.24) is 5.32 Å². The van der Waals surface area contributed by atoms with E-state index < -0.39 is 17.9 Å². The number of halogens is 2. The number of hydrogen-bond acceptors (Lipinski definition) is 3. The molecule has 0 saturated heterocycles. The van der Waals surface area contributed by atoms with Crippen LogP contribution in [0.2, 0.25) is 0 Å². The highest BCUT2D eigenvalue weighted by Gasteiger charge is 2.12. The molecule has 0 bridgehead atoms. The first-order valence-corrected chi connectivity index (χ1v) is 7.66. The van der Waals surface area contributed by atoms with Crippen molar-refractivity contribution in [3.63, 3.8) is 0 Å². The number of nitrogens with one attached hydrogen (secondary N) is 2. The summed E-state index contributed by atoms with van der Waals surface area (Å²) in [4.78, 5) is 33.5. The number of anilines is 1. The summed E-state index contributed by atoms with van der Waals surface area (Å²) >= 11 is 6.66. The van der Waals surface area contributed by atoms with Crippen molar-refractivity contribution in [2.45, 2.75) is 26.2 Å². The lowest BCUT2D eigenvalue weighted by Gasteiger charge is -2.11. The average Bonchev–Trinajstić information content (AvgIpc) is 2.33. The molecule has 0 aromatic heterocycles. The van der Waals surface area contributed by atoms with Crippen molar-refractivity contribution in [1.29, 1.82) is 0 Å². The van der Waals surface area contributed by atoms with E-state index in [1.165, 1.54) is 0 Å². The predicted octanol–water partition coefficient (Wildman–Crippen LogP) is 3.42. The van der Waals surface area contributed by atoms with Gasteiger partial charge in [-0.2, -0.15) is 0 Å². The van der Waals surface area contributed by atoms with Gasteiger partial charge in [-0.3, -0.25) is 14.9 Å². The van der Waals surface area contributed by atoms with Crippen molar-refractivity contribution in [2.24, 2.45) is 0 Å². The second-order valence-electron chi connectivity index (χ2n) is 4.35. The van der Waals surface area contributed by atoms with E-state index in [1.807, 2.05) is 19.1 Å². The van der Waals surface area contributed by atoms with E-state index in [2.05, 4.69) is 42.5 Å². The minimum Gasteiger partial charge on any atom is -0.481 e. The molecule has 0 spiro atoms. The van der Waals surface area contributed by atoms with Crippen LogP contribution >= 0.6 is 31.9 Å². The number of benzene rings is 1. The molecule has 0 aliphatic heterocycles. The van der Waals surface area contributed by atoms with Crippen molar-refractivity contribution in [3.05, 3.63) is 26.6 Å². The lowest BCUT2D eigenvalue weighted by molar-refractivity contribution is -0.137. The topological polar surface area (TPSA) is 95.5 Å². The molecule has 1 aromatic rings. The number of amides is 3. The van der Waals surface area contributed by atoms with Crippen LogP contribution in [0.4, 0.5) is 10.5 Å². The Morgan fingerprint density at radius 2 is 1.71 bits per heavy atom. The molecule has 0 atom stereocenters. The van der Waals surface area contributed by atoms with E-state index in [0.717, 1.165) is 5.56 Å². The Balaban J connectivity index is 2.54. The first-order valence-electron chi connectivity index (χ1n) is 6.08. The molecule has 0 fully saturated rings. The van der Waals surface area contributed by atoms with Gasteiger partial charge >= 0.3 is 12.0 Å². The third-order valence-electron chi connectivity index (χ3n) is 2.47. The molecule has 0 radical (unpaired) electrons. The number of carboxylic acids is 1. The third-order valence-corrected chi connectivity index (χ3v) is 3.72.